The first-order valence-corrected chi connectivity index (χ1v) is 4.14. The van der Waals surface area contributed by atoms with Gasteiger partial charge in [-0.1, -0.05) is 0 Å². The molecule has 0 N–H and O–H groups in total. The van der Waals surface area contributed by atoms with E-state index in [1.54, 1.807) is 0 Å². The zero-order chi connectivity index (χ0) is 14.3. The molecule has 0 aromatic heterocycles. The molecule has 1 unspecified atom stereocenters. The maximum atomic E-state index is 13.2. The van der Waals surface area contributed by atoms with E-state index in [1.165, 1.54) is 0 Å². The molecule has 0 aliphatic heterocycles. The summed E-state index contributed by atoms with van der Waals surface area (Å²) in [5, 5.41) is 16.8. The number of nitriles is 2. The lowest BCUT2D eigenvalue weighted by molar-refractivity contribution is -0.157. The first-order chi connectivity index (χ1) is 8.05. The van der Waals surface area contributed by atoms with Crippen molar-refractivity contribution < 1.29 is 30.7 Å². The molecule has 0 spiro atoms. The van der Waals surface area contributed by atoms with Crippen molar-refractivity contribution >= 4 is 0 Å². The summed E-state index contributed by atoms with van der Waals surface area (Å²) in [6.45, 7) is 0. The molecule has 0 saturated heterocycles. The summed E-state index contributed by atoms with van der Waals surface area (Å²) in [5.74, 6) is -5.89. The number of halogens is 7. The fourth-order valence-corrected chi connectivity index (χ4v) is 1.49. The number of nitrogens with zero attached hydrogens (tertiary/aromatic N) is 2. The SMILES string of the molecule is N#CC1=C(C#N)C(C(F)(F)F)C(F)=C1C(F)(F)F. The van der Waals surface area contributed by atoms with E-state index in [-0.39, 0.29) is 0 Å². The Morgan fingerprint density at radius 2 is 1.44 bits per heavy atom. The molecule has 0 heterocycles. The van der Waals surface area contributed by atoms with Gasteiger partial charge in [0, 0.05) is 0 Å². The Balaban J connectivity index is 3.62. The van der Waals surface area contributed by atoms with Crippen LogP contribution in [0.1, 0.15) is 0 Å². The molecule has 0 aromatic rings. The van der Waals surface area contributed by atoms with Gasteiger partial charge in [-0.25, -0.2) is 4.39 Å². The third kappa shape index (κ3) is 2.04. The van der Waals surface area contributed by atoms with E-state index in [0.29, 0.717) is 0 Å². The minimum absolute atomic E-state index is 0.793. The molecule has 1 aliphatic carbocycles. The lowest BCUT2D eigenvalue weighted by Gasteiger charge is -2.14. The molecule has 0 aromatic carbocycles. The van der Waals surface area contributed by atoms with E-state index in [4.69, 9.17) is 10.5 Å². The van der Waals surface area contributed by atoms with E-state index in [2.05, 4.69) is 0 Å². The van der Waals surface area contributed by atoms with Crippen molar-refractivity contribution in [1.82, 2.24) is 0 Å². The highest BCUT2D eigenvalue weighted by Crippen LogP contribution is 2.50. The monoisotopic (exact) mass is 270 g/mol. The quantitative estimate of drug-likeness (QED) is 0.634. The Morgan fingerprint density at radius 1 is 0.944 bits per heavy atom. The van der Waals surface area contributed by atoms with Crippen molar-refractivity contribution in [2.75, 3.05) is 0 Å². The van der Waals surface area contributed by atoms with Crippen molar-refractivity contribution in [1.29, 1.82) is 10.5 Å². The Bertz CT molecular complexity index is 521. The van der Waals surface area contributed by atoms with Crippen molar-refractivity contribution in [3.05, 3.63) is 22.5 Å². The van der Waals surface area contributed by atoms with E-state index in [9.17, 15) is 30.7 Å². The summed E-state index contributed by atoms with van der Waals surface area (Å²) in [4.78, 5) is 0. The Labute approximate surface area is 95.2 Å². The lowest BCUT2D eigenvalue weighted by Crippen LogP contribution is -2.24. The largest absolute Gasteiger partial charge is 0.420 e. The first-order valence-electron chi connectivity index (χ1n) is 4.14. The van der Waals surface area contributed by atoms with Crippen LogP contribution in [-0.4, -0.2) is 12.4 Å². The van der Waals surface area contributed by atoms with E-state index in [1.807, 2.05) is 0 Å². The highest BCUT2D eigenvalue weighted by molar-refractivity contribution is 5.61. The fourth-order valence-electron chi connectivity index (χ4n) is 1.49. The summed E-state index contributed by atoms with van der Waals surface area (Å²) in [6.07, 6.45) is -10.9. The van der Waals surface area contributed by atoms with Crippen LogP contribution in [0.25, 0.3) is 0 Å². The molecule has 2 nitrogen and oxygen atoms in total. The van der Waals surface area contributed by atoms with E-state index >= 15 is 0 Å². The van der Waals surface area contributed by atoms with Crippen molar-refractivity contribution in [2.24, 2.45) is 5.92 Å². The maximum absolute atomic E-state index is 13.2. The van der Waals surface area contributed by atoms with Crippen LogP contribution in [0.15, 0.2) is 22.5 Å². The van der Waals surface area contributed by atoms with Gasteiger partial charge in [-0.3, -0.25) is 0 Å². The minimum atomic E-state index is -5.47. The van der Waals surface area contributed by atoms with Gasteiger partial charge in [0.1, 0.15) is 23.4 Å². The molecule has 1 aliphatic rings. The summed E-state index contributed by atoms with van der Waals surface area (Å²) in [5.41, 5.74) is -5.52. The molecule has 0 radical (unpaired) electrons. The second-order valence-electron chi connectivity index (χ2n) is 3.21. The van der Waals surface area contributed by atoms with Crippen molar-refractivity contribution in [3.63, 3.8) is 0 Å². The standard InChI is InChI=1S/C9HF7N2/c10-7-5(8(11,12)13)3(1-17)4(2-18)6(7)9(14,15)16/h5H. The van der Waals surface area contributed by atoms with Crippen molar-refractivity contribution in [2.45, 2.75) is 12.4 Å². The number of hydrogen-bond acceptors (Lipinski definition) is 2. The van der Waals surface area contributed by atoms with Crippen LogP contribution < -0.4 is 0 Å². The second kappa shape index (κ2) is 4.02. The maximum Gasteiger partial charge on any atom is 0.420 e. The smallest absolute Gasteiger partial charge is 0.210 e. The van der Waals surface area contributed by atoms with Gasteiger partial charge in [0.05, 0.1) is 17.2 Å². The number of allylic oxidation sites excluding steroid dienone is 4. The molecule has 0 saturated carbocycles. The number of alkyl halides is 6. The molecular weight excluding hydrogens is 269 g/mol. The van der Waals surface area contributed by atoms with Gasteiger partial charge in [-0.15, -0.1) is 0 Å². The zero-order valence-electron chi connectivity index (χ0n) is 8.12. The van der Waals surface area contributed by atoms with Gasteiger partial charge in [0.2, 0.25) is 0 Å². The first kappa shape index (κ1) is 14.0. The van der Waals surface area contributed by atoms with Crippen LogP contribution in [0.3, 0.4) is 0 Å². The molecule has 0 amide bonds. The molecule has 0 bridgehead atoms. The Kier molecular flexibility index (Phi) is 3.13. The predicted octanol–water partition coefficient (Wildman–Crippen LogP) is 3.31. The van der Waals surface area contributed by atoms with Crippen LogP contribution in [0.5, 0.6) is 0 Å². The van der Waals surface area contributed by atoms with Crippen LogP contribution in [-0.2, 0) is 0 Å². The summed E-state index contributed by atoms with van der Waals surface area (Å²) in [6, 6.07) is 1.60. The highest BCUT2D eigenvalue weighted by Gasteiger charge is 2.56. The minimum Gasteiger partial charge on any atom is -0.210 e. The van der Waals surface area contributed by atoms with E-state index < -0.39 is 40.8 Å². The van der Waals surface area contributed by atoms with Crippen LogP contribution >= 0.6 is 0 Å². The molecule has 1 atom stereocenters. The fraction of sp³-hybridized carbons (Fsp3) is 0.333. The Hall–Kier alpha value is -2.03. The zero-order valence-corrected chi connectivity index (χ0v) is 8.12. The van der Waals surface area contributed by atoms with Gasteiger partial charge < -0.3 is 0 Å². The molecule has 18 heavy (non-hydrogen) atoms. The van der Waals surface area contributed by atoms with Gasteiger partial charge in [0.15, 0.2) is 0 Å². The summed E-state index contributed by atoms with van der Waals surface area (Å²) >= 11 is 0. The van der Waals surface area contributed by atoms with Gasteiger partial charge in [-0.2, -0.15) is 36.9 Å². The normalized spacial score (nSPS) is 21.1. The molecule has 9 heteroatoms. The van der Waals surface area contributed by atoms with Crippen LogP contribution in [0, 0.1) is 28.6 Å². The molecule has 0 fully saturated rings. The predicted molar refractivity (Wildman–Crippen MR) is 42.0 cm³/mol. The molecular formula is C9HF7N2. The third-order valence-corrected chi connectivity index (χ3v) is 2.14. The van der Waals surface area contributed by atoms with Gasteiger partial charge >= 0.3 is 12.4 Å². The van der Waals surface area contributed by atoms with Crippen LogP contribution in [0.4, 0.5) is 30.7 Å². The number of hydrogen-bond donors (Lipinski definition) is 0. The highest BCUT2D eigenvalue weighted by atomic mass is 19.4. The molecule has 1 rings (SSSR count). The van der Waals surface area contributed by atoms with Gasteiger partial charge in [0.25, 0.3) is 0 Å². The number of rotatable bonds is 0. The average molecular weight is 270 g/mol. The average Bonchev–Trinajstić information content (AvgIpc) is 2.48. The summed E-state index contributed by atoms with van der Waals surface area (Å²) in [7, 11) is 0. The van der Waals surface area contributed by atoms with E-state index in [0.717, 1.165) is 12.1 Å². The summed E-state index contributed by atoms with van der Waals surface area (Å²) < 4.78 is 87.4. The Morgan fingerprint density at radius 3 is 1.72 bits per heavy atom. The molecule has 96 valence electrons. The second-order valence-corrected chi connectivity index (χ2v) is 3.21. The topological polar surface area (TPSA) is 47.6 Å². The third-order valence-electron chi connectivity index (χ3n) is 2.14. The van der Waals surface area contributed by atoms with Gasteiger partial charge in [-0.05, 0) is 0 Å². The van der Waals surface area contributed by atoms with Crippen molar-refractivity contribution in [3.8, 4) is 12.1 Å². The van der Waals surface area contributed by atoms with Crippen LogP contribution in [0.2, 0.25) is 0 Å². The lowest BCUT2D eigenvalue weighted by atomic mass is 10.0.